The maximum absolute atomic E-state index is 12.8. The van der Waals surface area contributed by atoms with Gasteiger partial charge in [-0.25, -0.2) is 9.18 Å². The zero-order valence-corrected chi connectivity index (χ0v) is 15.0. The van der Waals surface area contributed by atoms with Crippen molar-refractivity contribution in [3.05, 3.63) is 54.3 Å². The Bertz CT molecular complexity index is 814. The van der Waals surface area contributed by atoms with Crippen molar-refractivity contribution < 1.29 is 28.2 Å². The predicted molar refractivity (Wildman–Crippen MR) is 97.8 cm³/mol. The molecule has 2 aromatic carbocycles. The number of nitrogens with two attached hydrogens (primary N) is 1. The Morgan fingerprint density at radius 1 is 1.04 bits per heavy atom. The standard InChI is InChI=1S/C18H17FN2O5S/c19-12-5-7-13(8-6-12)25-10-18(24)26-9-17(23)21-14-3-1-2-4-15(14)27-11-16(20)22/h1-8H,9-11H2,(H2,20,22)(H,21,23). The van der Waals surface area contributed by atoms with Crippen molar-refractivity contribution in [2.45, 2.75) is 4.90 Å². The summed E-state index contributed by atoms with van der Waals surface area (Å²) in [5.74, 6) is -1.81. The third kappa shape index (κ3) is 7.37. The van der Waals surface area contributed by atoms with Crippen LogP contribution in [0.4, 0.5) is 10.1 Å². The van der Waals surface area contributed by atoms with Gasteiger partial charge in [-0.1, -0.05) is 12.1 Å². The molecule has 0 aromatic heterocycles. The number of carbonyl (C=O) groups excluding carboxylic acids is 3. The van der Waals surface area contributed by atoms with Gasteiger partial charge in [0.15, 0.2) is 13.2 Å². The summed E-state index contributed by atoms with van der Waals surface area (Å²) in [4.78, 5) is 35.1. The lowest BCUT2D eigenvalue weighted by Crippen LogP contribution is -2.24. The molecule has 0 unspecified atom stereocenters. The summed E-state index contributed by atoms with van der Waals surface area (Å²) < 4.78 is 22.7. The molecule has 0 bridgehead atoms. The van der Waals surface area contributed by atoms with Crippen molar-refractivity contribution in [1.29, 1.82) is 0 Å². The molecule has 9 heteroatoms. The third-order valence-electron chi connectivity index (χ3n) is 3.07. The van der Waals surface area contributed by atoms with Crippen LogP contribution >= 0.6 is 11.8 Å². The predicted octanol–water partition coefficient (Wildman–Crippen LogP) is 1.96. The fourth-order valence-corrected chi connectivity index (χ4v) is 2.64. The van der Waals surface area contributed by atoms with Gasteiger partial charge in [-0.05, 0) is 36.4 Å². The molecule has 0 atom stereocenters. The molecule has 2 aromatic rings. The minimum Gasteiger partial charge on any atom is -0.482 e. The highest BCUT2D eigenvalue weighted by molar-refractivity contribution is 8.00. The monoisotopic (exact) mass is 392 g/mol. The van der Waals surface area contributed by atoms with E-state index in [1.165, 1.54) is 36.0 Å². The van der Waals surface area contributed by atoms with E-state index in [4.69, 9.17) is 15.2 Å². The quantitative estimate of drug-likeness (QED) is 0.499. The number of ether oxygens (including phenoxy) is 2. The Hall–Kier alpha value is -3.07. The maximum atomic E-state index is 12.8. The van der Waals surface area contributed by atoms with Gasteiger partial charge in [0.25, 0.3) is 5.91 Å². The summed E-state index contributed by atoms with van der Waals surface area (Å²) in [5, 5.41) is 2.60. The van der Waals surface area contributed by atoms with E-state index in [0.29, 0.717) is 16.3 Å². The number of thioether (sulfide) groups is 1. The second-order valence-corrected chi connectivity index (χ2v) is 6.22. The highest BCUT2D eigenvalue weighted by Gasteiger charge is 2.11. The molecular weight excluding hydrogens is 375 g/mol. The molecule has 0 saturated carbocycles. The normalized spacial score (nSPS) is 10.1. The van der Waals surface area contributed by atoms with Crippen molar-refractivity contribution in [2.75, 3.05) is 24.3 Å². The third-order valence-corrected chi connectivity index (χ3v) is 4.16. The summed E-state index contributed by atoms with van der Waals surface area (Å²) in [6, 6.07) is 12.0. The smallest absolute Gasteiger partial charge is 0.344 e. The lowest BCUT2D eigenvalue weighted by molar-refractivity contribution is -0.149. The molecule has 0 aliphatic rings. The Morgan fingerprint density at radius 2 is 1.74 bits per heavy atom. The average Bonchev–Trinajstić information content (AvgIpc) is 2.65. The number of benzene rings is 2. The number of hydrogen-bond acceptors (Lipinski definition) is 6. The van der Waals surface area contributed by atoms with Gasteiger partial charge < -0.3 is 20.5 Å². The van der Waals surface area contributed by atoms with Gasteiger partial charge in [-0.3, -0.25) is 9.59 Å². The molecule has 2 rings (SSSR count). The molecule has 27 heavy (non-hydrogen) atoms. The van der Waals surface area contributed by atoms with E-state index in [9.17, 15) is 18.8 Å². The molecular formula is C18H17FN2O5S. The van der Waals surface area contributed by atoms with Crippen LogP contribution in [0.1, 0.15) is 0 Å². The van der Waals surface area contributed by atoms with Crippen LogP contribution < -0.4 is 15.8 Å². The molecule has 0 heterocycles. The number of para-hydroxylation sites is 1. The molecule has 7 nitrogen and oxygen atoms in total. The second kappa shape index (κ2) is 10.2. The van der Waals surface area contributed by atoms with Crippen molar-refractivity contribution in [3.8, 4) is 5.75 Å². The SMILES string of the molecule is NC(=O)CSc1ccccc1NC(=O)COC(=O)COc1ccc(F)cc1. The number of halogens is 1. The lowest BCUT2D eigenvalue weighted by atomic mass is 10.3. The Kier molecular flexibility index (Phi) is 7.63. The number of hydrogen-bond donors (Lipinski definition) is 2. The van der Waals surface area contributed by atoms with Gasteiger partial charge in [-0.2, -0.15) is 0 Å². The fourth-order valence-electron chi connectivity index (χ4n) is 1.89. The van der Waals surface area contributed by atoms with Crippen LogP contribution in [0.5, 0.6) is 5.75 Å². The maximum Gasteiger partial charge on any atom is 0.344 e. The minimum absolute atomic E-state index is 0.0720. The molecule has 0 aliphatic carbocycles. The number of esters is 1. The van der Waals surface area contributed by atoms with E-state index < -0.39 is 36.8 Å². The first-order valence-electron chi connectivity index (χ1n) is 7.78. The first-order chi connectivity index (χ1) is 12.9. The second-order valence-electron chi connectivity index (χ2n) is 5.20. The minimum atomic E-state index is -0.745. The van der Waals surface area contributed by atoms with E-state index in [1.807, 2.05) is 0 Å². The molecule has 0 saturated heterocycles. The van der Waals surface area contributed by atoms with Crippen LogP contribution in [0.25, 0.3) is 0 Å². The van der Waals surface area contributed by atoms with E-state index in [0.717, 1.165) is 0 Å². The summed E-state index contributed by atoms with van der Waals surface area (Å²) in [5.41, 5.74) is 5.59. The summed E-state index contributed by atoms with van der Waals surface area (Å²) >= 11 is 1.18. The molecule has 0 fully saturated rings. The van der Waals surface area contributed by atoms with Crippen LogP contribution in [0.15, 0.2) is 53.4 Å². The zero-order valence-electron chi connectivity index (χ0n) is 14.1. The van der Waals surface area contributed by atoms with Crippen LogP contribution in [-0.4, -0.2) is 36.8 Å². The molecule has 2 amide bonds. The fraction of sp³-hybridized carbons (Fsp3) is 0.167. The highest BCUT2D eigenvalue weighted by atomic mass is 32.2. The summed E-state index contributed by atoms with van der Waals surface area (Å²) in [7, 11) is 0. The molecule has 0 aliphatic heterocycles. The molecule has 0 spiro atoms. The number of carbonyl (C=O) groups is 3. The summed E-state index contributed by atoms with van der Waals surface area (Å²) in [6.07, 6.45) is 0. The summed E-state index contributed by atoms with van der Waals surface area (Å²) in [6.45, 7) is -0.912. The van der Waals surface area contributed by atoms with Crippen molar-refractivity contribution in [3.63, 3.8) is 0 Å². The number of primary amides is 1. The van der Waals surface area contributed by atoms with Gasteiger partial charge in [0.05, 0.1) is 11.4 Å². The lowest BCUT2D eigenvalue weighted by Gasteiger charge is -2.11. The number of anilines is 1. The Morgan fingerprint density at radius 3 is 2.44 bits per heavy atom. The van der Waals surface area contributed by atoms with E-state index in [2.05, 4.69) is 5.32 Å². The number of rotatable bonds is 9. The van der Waals surface area contributed by atoms with E-state index >= 15 is 0 Å². The Labute approximate surface area is 159 Å². The molecule has 3 N–H and O–H groups in total. The van der Waals surface area contributed by atoms with Gasteiger partial charge in [0.2, 0.25) is 5.91 Å². The average molecular weight is 392 g/mol. The number of amides is 2. The van der Waals surface area contributed by atoms with Gasteiger partial charge in [0.1, 0.15) is 11.6 Å². The van der Waals surface area contributed by atoms with Crippen molar-refractivity contribution in [2.24, 2.45) is 5.73 Å². The van der Waals surface area contributed by atoms with Crippen molar-refractivity contribution in [1.82, 2.24) is 0 Å². The zero-order chi connectivity index (χ0) is 19.6. The molecule has 142 valence electrons. The van der Waals surface area contributed by atoms with Gasteiger partial charge >= 0.3 is 5.97 Å². The van der Waals surface area contributed by atoms with Crippen molar-refractivity contribution >= 4 is 35.2 Å². The van der Waals surface area contributed by atoms with E-state index in [-0.39, 0.29) is 5.75 Å². The van der Waals surface area contributed by atoms with Crippen LogP contribution in [0, 0.1) is 5.82 Å². The van der Waals surface area contributed by atoms with E-state index in [1.54, 1.807) is 24.3 Å². The first kappa shape index (κ1) is 20.2. The largest absolute Gasteiger partial charge is 0.482 e. The number of nitrogens with one attached hydrogen (secondary N) is 1. The highest BCUT2D eigenvalue weighted by Crippen LogP contribution is 2.26. The van der Waals surface area contributed by atoms with Crippen LogP contribution in [0.2, 0.25) is 0 Å². The van der Waals surface area contributed by atoms with Gasteiger partial charge in [0, 0.05) is 4.90 Å². The first-order valence-corrected chi connectivity index (χ1v) is 8.76. The Balaban J connectivity index is 1.78. The van der Waals surface area contributed by atoms with Gasteiger partial charge in [-0.15, -0.1) is 11.8 Å². The van der Waals surface area contributed by atoms with Crippen LogP contribution in [0.3, 0.4) is 0 Å². The van der Waals surface area contributed by atoms with Crippen LogP contribution in [-0.2, 0) is 19.1 Å². The topological polar surface area (TPSA) is 108 Å². The molecule has 0 radical (unpaired) electrons.